The molecule has 2 saturated carbocycles. The lowest BCUT2D eigenvalue weighted by Gasteiger charge is -2.36. The highest BCUT2D eigenvalue weighted by Gasteiger charge is 2.37. The van der Waals surface area contributed by atoms with Crippen molar-refractivity contribution in [2.75, 3.05) is 20.6 Å². The van der Waals surface area contributed by atoms with Gasteiger partial charge < -0.3 is 10.2 Å². The molecule has 0 unspecified atom stereocenters. The monoisotopic (exact) mass is 182 g/mol. The predicted octanol–water partition coefficient (Wildman–Crippen LogP) is 1.61. The first-order valence-corrected chi connectivity index (χ1v) is 5.64. The van der Waals surface area contributed by atoms with Gasteiger partial charge in [0.1, 0.15) is 0 Å². The van der Waals surface area contributed by atoms with Gasteiger partial charge in [0.25, 0.3) is 0 Å². The van der Waals surface area contributed by atoms with E-state index in [-0.39, 0.29) is 0 Å². The molecule has 0 heterocycles. The van der Waals surface area contributed by atoms with Crippen LogP contribution in [-0.2, 0) is 0 Å². The number of likely N-dealkylation sites (N-methyl/N-ethyl adjacent to an activating group) is 1. The molecular formula is C11H22N2. The molecule has 2 aliphatic carbocycles. The van der Waals surface area contributed by atoms with E-state index in [1.54, 1.807) is 0 Å². The van der Waals surface area contributed by atoms with Crippen LogP contribution in [0.4, 0.5) is 0 Å². The molecule has 76 valence electrons. The SMILES string of the molecule is CN(C)C1(CNC2CC2)CCCC1. The molecule has 2 fully saturated rings. The second-order valence-corrected chi connectivity index (χ2v) is 4.98. The van der Waals surface area contributed by atoms with Crippen molar-refractivity contribution >= 4 is 0 Å². The number of hydrogen-bond acceptors (Lipinski definition) is 2. The Hall–Kier alpha value is -0.0800. The minimum Gasteiger partial charge on any atom is -0.312 e. The maximum atomic E-state index is 3.68. The number of rotatable bonds is 4. The summed E-state index contributed by atoms with van der Waals surface area (Å²) < 4.78 is 0. The van der Waals surface area contributed by atoms with Crippen LogP contribution in [0, 0.1) is 0 Å². The third-order valence-corrected chi connectivity index (χ3v) is 3.78. The maximum Gasteiger partial charge on any atom is 0.0327 e. The molecule has 13 heavy (non-hydrogen) atoms. The van der Waals surface area contributed by atoms with Crippen LogP contribution in [0.2, 0.25) is 0 Å². The van der Waals surface area contributed by atoms with E-state index in [0.717, 1.165) is 6.04 Å². The van der Waals surface area contributed by atoms with Crippen LogP contribution in [0.5, 0.6) is 0 Å². The van der Waals surface area contributed by atoms with Crippen LogP contribution in [-0.4, -0.2) is 37.1 Å². The molecule has 0 aromatic heterocycles. The highest BCUT2D eigenvalue weighted by Crippen LogP contribution is 2.34. The quantitative estimate of drug-likeness (QED) is 0.710. The molecule has 0 atom stereocenters. The van der Waals surface area contributed by atoms with E-state index in [4.69, 9.17) is 0 Å². The fourth-order valence-corrected chi connectivity index (χ4v) is 2.44. The van der Waals surface area contributed by atoms with Gasteiger partial charge in [0.05, 0.1) is 0 Å². The maximum absolute atomic E-state index is 3.68. The minimum atomic E-state index is 0.489. The van der Waals surface area contributed by atoms with E-state index < -0.39 is 0 Å². The van der Waals surface area contributed by atoms with Gasteiger partial charge in [0.2, 0.25) is 0 Å². The Kier molecular flexibility index (Phi) is 2.61. The first kappa shape index (κ1) is 9.47. The van der Waals surface area contributed by atoms with Crippen molar-refractivity contribution < 1.29 is 0 Å². The first-order valence-electron chi connectivity index (χ1n) is 5.64. The molecule has 0 saturated heterocycles. The number of hydrogen-bond donors (Lipinski definition) is 1. The molecule has 0 aromatic carbocycles. The molecule has 0 bridgehead atoms. The Morgan fingerprint density at radius 2 is 1.85 bits per heavy atom. The van der Waals surface area contributed by atoms with E-state index >= 15 is 0 Å². The van der Waals surface area contributed by atoms with Crippen molar-refractivity contribution in [3.8, 4) is 0 Å². The number of nitrogens with zero attached hydrogens (tertiary/aromatic N) is 1. The van der Waals surface area contributed by atoms with Gasteiger partial charge in [-0.1, -0.05) is 12.8 Å². The van der Waals surface area contributed by atoms with Gasteiger partial charge in [-0.05, 0) is 39.8 Å². The average molecular weight is 182 g/mol. The normalized spacial score (nSPS) is 27.0. The van der Waals surface area contributed by atoms with Gasteiger partial charge in [0.15, 0.2) is 0 Å². The molecule has 2 rings (SSSR count). The lowest BCUT2D eigenvalue weighted by atomic mass is 9.96. The summed E-state index contributed by atoms with van der Waals surface area (Å²) in [5.41, 5.74) is 0.489. The summed E-state index contributed by atoms with van der Waals surface area (Å²) >= 11 is 0. The zero-order valence-corrected chi connectivity index (χ0v) is 8.97. The lowest BCUT2D eigenvalue weighted by Crippen LogP contribution is -2.50. The predicted molar refractivity (Wildman–Crippen MR) is 55.9 cm³/mol. The van der Waals surface area contributed by atoms with Gasteiger partial charge in [-0.15, -0.1) is 0 Å². The van der Waals surface area contributed by atoms with Crippen molar-refractivity contribution in [1.29, 1.82) is 0 Å². The second kappa shape index (κ2) is 3.58. The Morgan fingerprint density at radius 3 is 2.31 bits per heavy atom. The minimum absolute atomic E-state index is 0.489. The van der Waals surface area contributed by atoms with Crippen LogP contribution in [0.15, 0.2) is 0 Å². The Bertz CT molecular complexity index is 167. The molecule has 2 heteroatoms. The van der Waals surface area contributed by atoms with Crippen molar-refractivity contribution in [3.63, 3.8) is 0 Å². The summed E-state index contributed by atoms with van der Waals surface area (Å²) in [6.07, 6.45) is 8.43. The van der Waals surface area contributed by atoms with Crippen LogP contribution in [0.3, 0.4) is 0 Å². The fourth-order valence-electron chi connectivity index (χ4n) is 2.44. The van der Waals surface area contributed by atoms with Crippen LogP contribution < -0.4 is 5.32 Å². The zero-order chi connectivity index (χ0) is 9.31. The fraction of sp³-hybridized carbons (Fsp3) is 1.00. The van der Waals surface area contributed by atoms with Crippen LogP contribution in [0.25, 0.3) is 0 Å². The van der Waals surface area contributed by atoms with Crippen molar-refractivity contribution in [2.45, 2.75) is 50.1 Å². The van der Waals surface area contributed by atoms with Gasteiger partial charge in [-0.2, -0.15) is 0 Å². The smallest absolute Gasteiger partial charge is 0.0327 e. The van der Waals surface area contributed by atoms with Gasteiger partial charge in [-0.25, -0.2) is 0 Å². The molecule has 2 aliphatic rings. The topological polar surface area (TPSA) is 15.3 Å². The summed E-state index contributed by atoms with van der Waals surface area (Å²) in [5, 5.41) is 3.68. The van der Waals surface area contributed by atoms with Crippen LogP contribution in [0.1, 0.15) is 38.5 Å². The Morgan fingerprint density at radius 1 is 1.23 bits per heavy atom. The summed E-state index contributed by atoms with van der Waals surface area (Å²) in [7, 11) is 4.47. The van der Waals surface area contributed by atoms with E-state index in [1.807, 2.05) is 0 Å². The third-order valence-electron chi connectivity index (χ3n) is 3.78. The van der Waals surface area contributed by atoms with E-state index in [2.05, 4.69) is 24.3 Å². The molecule has 0 radical (unpaired) electrons. The van der Waals surface area contributed by atoms with E-state index in [9.17, 15) is 0 Å². The zero-order valence-electron chi connectivity index (χ0n) is 8.97. The molecular weight excluding hydrogens is 160 g/mol. The van der Waals surface area contributed by atoms with Gasteiger partial charge in [0, 0.05) is 18.1 Å². The number of nitrogens with one attached hydrogen (secondary N) is 1. The summed E-state index contributed by atoms with van der Waals surface area (Å²) in [4.78, 5) is 2.44. The highest BCUT2D eigenvalue weighted by atomic mass is 15.2. The lowest BCUT2D eigenvalue weighted by molar-refractivity contribution is 0.153. The highest BCUT2D eigenvalue weighted by molar-refractivity contribution is 4.96. The van der Waals surface area contributed by atoms with Gasteiger partial charge in [-0.3, -0.25) is 0 Å². The molecule has 0 spiro atoms. The second-order valence-electron chi connectivity index (χ2n) is 4.98. The van der Waals surface area contributed by atoms with Crippen molar-refractivity contribution in [3.05, 3.63) is 0 Å². The Balaban J connectivity index is 1.87. The first-order chi connectivity index (χ1) is 6.23. The van der Waals surface area contributed by atoms with E-state index in [1.165, 1.54) is 45.1 Å². The summed E-state index contributed by atoms with van der Waals surface area (Å²) in [6, 6.07) is 0.859. The van der Waals surface area contributed by atoms with Gasteiger partial charge >= 0.3 is 0 Å². The van der Waals surface area contributed by atoms with Crippen molar-refractivity contribution in [1.82, 2.24) is 10.2 Å². The van der Waals surface area contributed by atoms with Crippen molar-refractivity contribution in [2.24, 2.45) is 0 Å². The summed E-state index contributed by atoms with van der Waals surface area (Å²) in [5.74, 6) is 0. The summed E-state index contributed by atoms with van der Waals surface area (Å²) in [6.45, 7) is 1.21. The molecule has 0 amide bonds. The van der Waals surface area contributed by atoms with E-state index in [0.29, 0.717) is 5.54 Å². The standard InChI is InChI=1S/C11H22N2/c1-13(2)11(7-3-4-8-11)9-12-10-5-6-10/h10,12H,3-9H2,1-2H3. The molecule has 1 N–H and O–H groups in total. The molecule has 0 aromatic rings. The largest absolute Gasteiger partial charge is 0.312 e. The Labute approximate surface area is 81.7 Å². The molecule has 0 aliphatic heterocycles. The average Bonchev–Trinajstić information content (AvgIpc) is 2.80. The molecule has 2 nitrogen and oxygen atoms in total. The third kappa shape index (κ3) is 2.05. The van der Waals surface area contributed by atoms with Crippen LogP contribution >= 0.6 is 0 Å².